The first-order chi connectivity index (χ1) is 10.2. The SMILES string of the molecule is COc1ccccc1CN(C(=O)c1[nH]ncc1N)C1CC1. The van der Waals surface area contributed by atoms with E-state index in [1.807, 2.05) is 29.2 Å². The van der Waals surface area contributed by atoms with Gasteiger partial charge in [0.2, 0.25) is 0 Å². The minimum Gasteiger partial charge on any atom is -0.496 e. The number of rotatable bonds is 5. The molecule has 1 saturated carbocycles. The van der Waals surface area contributed by atoms with Gasteiger partial charge < -0.3 is 15.4 Å². The number of ether oxygens (including phenoxy) is 1. The minimum absolute atomic E-state index is 0.113. The number of aromatic nitrogens is 2. The molecule has 0 spiro atoms. The number of nitrogens with zero attached hydrogens (tertiary/aromatic N) is 2. The maximum Gasteiger partial charge on any atom is 0.274 e. The number of nitrogens with two attached hydrogens (primary N) is 1. The molecule has 1 heterocycles. The van der Waals surface area contributed by atoms with Crippen LogP contribution in [0.3, 0.4) is 0 Å². The highest BCUT2D eigenvalue weighted by atomic mass is 16.5. The van der Waals surface area contributed by atoms with Gasteiger partial charge in [0.1, 0.15) is 11.4 Å². The zero-order valence-corrected chi connectivity index (χ0v) is 11.9. The van der Waals surface area contributed by atoms with Crippen LogP contribution >= 0.6 is 0 Å². The van der Waals surface area contributed by atoms with E-state index < -0.39 is 0 Å². The van der Waals surface area contributed by atoms with Crippen molar-refractivity contribution in [2.24, 2.45) is 0 Å². The fraction of sp³-hybridized carbons (Fsp3) is 0.333. The van der Waals surface area contributed by atoms with Crippen LogP contribution in [-0.2, 0) is 6.54 Å². The Bertz CT molecular complexity index is 649. The number of carbonyl (C=O) groups excluding carboxylic acids is 1. The van der Waals surface area contributed by atoms with Crippen molar-refractivity contribution in [3.8, 4) is 5.75 Å². The fourth-order valence-corrected chi connectivity index (χ4v) is 2.38. The molecule has 1 aliphatic carbocycles. The van der Waals surface area contributed by atoms with Gasteiger partial charge in [0, 0.05) is 18.2 Å². The Hall–Kier alpha value is -2.50. The summed E-state index contributed by atoms with van der Waals surface area (Å²) in [6, 6.07) is 7.99. The third kappa shape index (κ3) is 2.69. The first kappa shape index (κ1) is 13.5. The molecule has 3 rings (SSSR count). The van der Waals surface area contributed by atoms with E-state index in [1.165, 1.54) is 6.20 Å². The molecule has 0 atom stereocenters. The van der Waals surface area contributed by atoms with Crippen LogP contribution in [0, 0.1) is 0 Å². The van der Waals surface area contributed by atoms with Gasteiger partial charge >= 0.3 is 0 Å². The molecule has 1 aromatic heterocycles. The van der Waals surface area contributed by atoms with Crippen LogP contribution in [0.25, 0.3) is 0 Å². The molecule has 21 heavy (non-hydrogen) atoms. The quantitative estimate of drug-likeness (QED) is 0.878. The second kappa shape index (κ2) is 5.47. The second-order valence-electron chi connectivity index (χ2n) is 5.18. The number of methoxy groups -OCH3 is 1. The van der Waals surface area contributed by atoms with Gasteiger partial charge in [0.15, 0.2) is 0 Å². The highest BCUT2D eigenvalue weighted by Crippen LogP contribution is 2.32. The summed E-state index contributed by atoms with van der Waals surface area (Å²) in [5.41, 5.74) is 7.51. The Kier molecular flexibility index (Phi) is 3.51. The summed E-state index contributed by atoms with van der Waals surface area (Å²) >= 11 is 0. The van der Waals surface area contributed by atoms with Crippen molar-refractivity contribution < 1.29 is 9.53 Å². The molecule has 0 saturated heterocycles. The largest absolute Gasteiger partial charge is 0.496 e. The van der Waals surface area contributed by atoms with E-state index in [9.17, 15) is 4.79 Å². The number of amides is 1. The number of benzene rings is 1. The molecule has 0 bridgehead atoms. The van der Waals surface area contributed by atoms with Crippen LogP contribution in [-0.4, -0.2) is 34.2 Å². The number of carbonyl (C=O) groups is 1. The lowest BCUT2D eigenvalue weighted by Gasteiger charge is -2.23. The van der Waals surface area contributed by atoms with E-state index in [1.54, 1.807) is 7.11 Å². The summed E-state index contributed by atoms with van der Waals surface area (Å²) in [6.45, 7) is 0.506. The normalized spacial score (nSPS) is 14.0. The van der Waals surface area contributed by atoms with Gasteiger partial charge in [-0.3, -0.25) is 9.89 Å². The number of hydrogen-bond donors (Lipinski definition) is 2. The first-order valence-corrected chi connectivity index (χ1v) is 6.92. The van der Waals surface area contributed by atoms with Crippen LogP contribution in [0.2, 0.25) is 0 Å². The molecule has 6 heteroatoms. The van der Waals surface area contributed by atoms with Crippen LogP contribution in [0.5, 0.6) is 5.75 Å². The third-order valence-electron chi connectivity index (χ3n) is 3.66. The number of H-pyrrole nitrogens is 1. The summed E-state index contributed by atoms with van der Waals surface area (Å²) in [5, 5.41) is 6.51. The standard InChI is InChI=1S/C15H18N4O2/c1-21-13-5-3-2-4-10(13)9-19(11-6-7-11)15(20)14-12(16)8-17-18-14/h2-5,8,11H,6-7,9,16H2,1H3,(H,17,18). The smallest absolute Gasteiger partial charge is 0.274 e. The van der Waals surface area contributed by atoms with E-state index in [-0.39, 0.29) is 11.9 Å². The Morgan fingerprint density at radius 1 is 1.48 bits per heavy atom. The number of aromatic amines is 1. The zero-order valence-electron chi connectivity index (χ0n) is 11.9. The third-order valence-corrected chi connectivity index (χ3v) is 3.66. The predicted octanol–water partition coefficient (Wildman–Crippen LogP) is 1.81. The van der Waals surface area contributed by atoms with Crippen molar-refractivity contribution in [2.75, 3.05) is 12.8 Å². The van der Waals surface area contributed by atoms with Crippen LogP contribution in [0.1, 0.15) is 28.9 Å². The molecular weight excluding hydrogens is 268 g/mol. The van der Waals surface area contributed by atoms with Crippen molar-refractivity contribution in [2.45, 2.75) is 25.4 Å². The van der Waals surface area contributed by atoms with Gasteiger partial charge in [-0.1, -0.05) is 18.2 Å². The van der Waals surface area contributed by atoms with E-state index in [0.29, 0.717) is 17.9 Å². The van der Waals surface area contributed by atoms with Gasteiger partial charge in [0.05, 0.1) is 19.0 Å². The van der Waals surface area contributed by atoms with Crippen molar-refractivity contribution >= 4 is 11.6 Å². The molecule has 1 aromatic carbocycles. The highest BCUT2D eigenvalue weighted by Gasteiger charge is 2.34. The van der Waals surface area contributed by atoms with Gasteiger partial charge in [-0.2, -0.15) is 5.10 Å². The highest BCUT2D eigenvalue weighted by molar-refractivity contribution is 5.97. The van der Waals surface area contributed by atoms with Crippen molar-refractivity contribution in [3.63, 3.8) is 0 Å². The molecule has 0 unspecified atom stereocenters. The molecule has 1 aliphatic rings. The van der Waals surface area contributed by atoms with Gasteiger partial charge in [-0.05, 0) is 18.9 Å². The number of hydrogen-bond acceptors (Lipinski definition) is 4. The van der Waals surface area contributed by atoms with Crippen LogP contribution < -0.4 is 10.5 Å². The topological polar surface area (TPSA) is 84.2 Å². The summed E-state index contributed by atoms with van der Waals surface area (Å²) in [6.07, 6.45) is 3.51. The van der Waals surface area contributed by atoms with Gasteiger partial charge in [-0.25, -0.2) is 0 Å². The van der Waals surface area contributed by atoms with Crippen LogP contribution in [0.4, 0.5) is 5.69 Å². The Morgan fingerprint density at radius 3 is 2.86 bits per heavy atom. The zero-order chi connectivity index (χ0) is 14.8. The molecule has 6 nitrogen and oxygen atoms in total. The molecular formula is C15H18N4O2. The summed E-state index contributed by atoms with van der Waals surface area (Å²) < 4.78 is 5.36. The molecule has 2 aromatic rings. The Labute approximate surface area is 122 Å². The van der Waals surface area contributed by atoms with Gasteiger partial charge in [-0.15, -0.1) is 0 Å². The average Bonchev–Trinajstić information content (AvgIpc) is 3.25. The van der Waals surface area contributed by atoms with Crippen molar-refractivity contribution in [1.82, 2.24) is 15.1 Å². The fourth-order valence-electron chi connectivity index (χ4n) is 2.38. The molecule has 1 fully saturated rings. The second-order valence-corrected chi connectivity index (χ2v) is 5.18. The number of para-hydroxylation sites is 1. The monoisotopic (exact) mass is 286 g/mol. The summed E-state index contributed by atoms with van der Waals surface area (Å²) in [4.78, 5) is 14.5. The lowest BCUT2D eigenvalue weighted by molar-refractivity contribution is 0.0724. The lowest BCUT2D eigenvalue weighted by atomic mass is 10.1. The predicted molar refractivity (Wildman–Crippen MR) is 78.9 cm³/mol. The van der Waals surface area contributed by atoms with E-state index >= 15 is 0 Å². The Morgan fingerprint density at radius 2 is 2.24 bits per heavy atom. The maximum atomic E-state index is 12.6. The number of nitrogen functional groups attached to an aromatic ring is 1. The lowest BCUT2D eigenvalue weighted by Crippen LogP contribution is -2.33. The first-order valence-electron chi connectivity index (χ1n) is 6.92. The Balaban J connectivity index is 1.86. The minimum atomic E-state index is -0.113. The summed E-state index contributed by atoms with van der Waals surface area (Å²) in [5.74, 6) is 0.673. The van der Waals surface area contributed by atoms with E-state index in [4.69, 9.17) is 10.5 Å². The van der Waals surface area contributed by atoms with E-state index in [0.717, 1.165) is 24.2 Å². The molecule has 0 radical (unpaired) electrons. The molecule has 3 N–H and O–H groups in total. The maximum absolute atomic E-state index is 12.6. The molecule has 110 valence electrons. The summed E-state index contributed by atoms with van der Waals surface area (Å²) in [7, 11) is 1.63. The van der Waals surface area contributed by atoms with Crippen molar-refractivity contribution in [1.29, 1.82) is 0 Å². The van der Waals surface area contributed by atoms with Gasteiger partial charge in [0.25, 0.3) is 5.91 Å². The number of anilines is 1. The van der Waals surface area contributed by atoms with Crippen molar-refractivity contribution in [3.05, 3.63) is 41.7 Å². The molecule has 0 aliphatic heterocycles. The van der Waals surface area contributed by atoms with E-state index in [2.05, 4.69) is 10.2 Å². The number of nitrogens with one attached hydrogen (secondary N) is 1. The average molecular weight is 286 g/mol. The van der Waals surface area contributed by atoms with Crippen LogP contribution in [0.15, 0.2) is 30.5 Å². The molecule has 1 amide bonds.